The van der Waals surface area contributed by atoms with Gasteiger partial charge in [0.25, 0.3) is 0 Å². The minimum atomic E-state index is -3.97. The molecule has 3 nitrogen and oxygen atoms in total. The van der Waals surface area contributed by atoms with E-state index in [0.29, 0.717) is 6.42 Å². The van der Waals surface area contributed by atoms with Gasteiger partial charge in [-0.1, -0.05) is 45.4 Å². The van der Waals surface area contributed by atoms with Crippen molar-refractivity contribution >= 4 is 10.1 Å². The maximum atomic E-state index is 10.2. The van der Waals surface area contributed by atoms with Gasteiger partial charge >= 0.3 is 51.4 Å². The maximum absolute atomic E-state index is 10.2. The van der Waals surface area contributed by atoms with Crippen LogP contribution in [0.15, 0.2) is 0 Å². The van der Waals surface area contributed by atoms with Crippen LogP contribution in [0.25, 0.3) is 0 Å². The molecule has 0 aliphatic heterocycles. The summed E-state index contributed by atoms with van der Waals surface area (Å²) in [7, 11) is -3.97. The Kier molecular flexibility index (Phi) is 14.1. The van der Waals surface area contributed by atoms with E-state index < -0.39 is 10.1 Å². The molecule has 0 saturated heterocycles. The Hall–Kier alpha value is 1.55. The normalized spacial score (nSPS) is 11.0. The summed E-state index contributed by atoms with van der Waals surface area (Å²) in [5.74, 6) is -0.194. The fraction of sp³-hybridized carbons (Fsp3) is 1.00. The monoisotopic (exact) mass is 246 g/mol. The van der Waals surface area contributed by atoms with Crippen LogP contribution in [0.4, 0.5) is 0 Å². The smallest absolute Gasteiger partial charge is 0.748 e. The van der Waals surface area contributed by atoms with Crippen LogP contribution in [0, 0.1) is 0 Å². The summed E-state index contributed by atoms with van der Waals surface area (Å²) in [5.41, 5.74) is 0. The van der Waals surface area contributed by atoms with E-state index in [-0.39, 0.29) is 57.1 Å². The van der Waals surface area contributed by atoms with Gasteiger partial charge in [-0.25, -0.2) is 8.42 Å². The molecule has 0 aliphatic carbocycles. The standard InChI is InChI=1S/C9H20O3S.K/c1-2-3-4-5-6-7-8-9-13(10,11)12;/h2-9H2,1H3,(H,10,11,12);/q;+1/p-1. The number of hydrogen-bond acceptors (Lipinski definition) is 3. The van der Waals surface area contributed by atoms with Gasteiger partial charge in [0.05, 0.1) is 10.1 Å². The topological polar surface area (TPSA) is 57.2 Å². The summed E-state index contributed by atoms with van der Waals surface area (Å²) in [6, 6.07) is 0. The summed E-state index contributed by atoms with van der Waals surface area (Å²) < 4.78 is 30.6. The van der Waals surface area contributed by atoms with Crippen LogP contribution >= 0.6 is 0 Å². The average molecular weight is 246 g/mol. The van der Waals surface area contributed by atoms with E-state index >= 15 is 0 Å². The number of hydrogen-bond donors (Lipinski definition) is 0. The number of rotatable bonds is 8. The zero-order valence-electron chi connectivity index (χ0n) is 9.29. The second-order valence-corrected chi connectivity index (χ2v) is 4.91. The van der Waals surface area contributed by atoms with Crippen molar-refractivity contribution in [2.45, 2.75) is 51.9 Å². The molecule has 0 aromatic carbocycles. The molecule has 0 N–H and O–H groups in total. The predicted octanol–water partition coefficient (Wildman–Crippen LogP) is -0.714. The van der Waals surface area contributed by atoms with Gasteiger partial charge < -0.3 is 4.55 Å². The van der Waals surface area contributed by atoms with E-state index in [1.165, 1.54) is 19.3 Å². The van der Waals surface area contributed by atoms with Crippen LogP contribution in [-0.4, -0.2) is 18.7 Å². The summed E-state index contributed by atoms with van der Waals surface area (Å²) in [4.78, 5) is 0. The second kappa shape index (κ2) is 11.0. The largest absolute Gasteiger partial charge is 1.00 e. The van der Waals surface area contributed by atoms with E-state index in [2.05, 4.69) is 6.92 Å². The Morgan fingerprint density at radius 3 is 1.79 bits per heavy atom. The van der Waals surface area contributed by atoms with Gasteiger partial charge in [-0.05, 0) is 6.42 Å². The molecular weight excluding hydrogens is 227 g/mol. The molecule has 5 heteroatoms. The third-order valence-corrected chi connectivity index (χ3v) is 2.79. The van der Waals surface area contributed by atoms with Gasteiger partial charge in [-0.2, -0.15) is 0 Å². The Labute approximate surface area is 130 Å². The van der Waals surface area contributed by atoms with E-state index in [1.807, 2.05) is 0 Å². The minimum absolute atomic E-state index is 0. The molecule has 0 atom stereocenters. The van der Waals surface area contributed by atoms with Gasteiger partial charge in [0.1, 0.15) is 0 Å². The Morgan fingerprint density at radius 2 is 1.36 bits per heavy atom. The van der Waals surface area contributed by atoms with E-state index in [0.717, 1.165) is 19.3 Å². The fourth-order valence-corrected chi connectivity index (χ4v) is 1.79. The van der Waals surface area contributed by atoms with Gasteiger partial charge in [0.2, 0.25) is 0 Å². The van der Waals surface area contributed by atoms with Crippen molar-refractivity contribution in [3.8, 4) is 0 Å². The van der Waals surface area contributed by atoms with Crippen LogP contribution in [0.1, 0.15) is 51.9 Å². The van der Waals surface area contributed by atoms with Crippen LogP contribution in [0.3, 0.4) is 0 Å². The van der Waals surface area contributed by atoms with Gasteiger partial charge in [0.15, 0.2) is 0 Å². The van der Waals surface area contributed by atoms with Crippen LogP contribution in [0.2, 0.25) is 0 Å². The first-order chi connectivity index (χ1) is 6.06. The molecule has 0 unspecified atom stereocenters. The van der Waals surface area contributed by atoms with Gasteiger partial charge in [-0.3, -0.25) is 0 Å². The third kappa shape index (κ3) is 16.0. The zero-order valence-corrected chi connectivity index (χ0v) is 13.2. The zero-order chi connectivity index (χ0) is 10.2. The van der Waals surface area contributed by atoms with Gasteiger partial charge in [-0.15, -0.1) is 0 Å². The predicted molar refractivity (Wildman–Crippen MR) is 52.6 cm³/mol. The Balaban J connectivity index is 0. The first-order valence-corrected chi connectivity index (χ1v) is 6.57. The molecule has 0 heterocycles. The molecule has 0 aromatic heterocycles. The Bertz CT molecular complexity index is 202. The summed E-state index contributed by atoms with van der Waals surface area (Å²) in [5, 5.41) is 0. The molecule has 0 aliphatic rings. The van der Waals surface area contributed by atoms with Crippen LogP contribution in [-0.2, 0) is 10.1 Å². The summed E-state index contributed by atoms with van der Waals surface area (Å²) >= 11 is 0. The quantitative estimate of drug-likeness (QED) is 0.323. The van der Waals surface area contributed by atoms with Crippen LogP contribution < -0.4 is 51.4 Å². The first-order valence-electron chi connectivity index (χ1n) is 5.00. The minimum Gasteiger partial charge on any atom is -0.748 e. The average Bonchev–Trinajstić information content (AvgIpc) is 2.01. The molecule has 0 saturated carbocycles. The van der Waals surface area contributed by atoms with Crippen molar-refractivity contribution in [3.63, 3.8) is 0 Å². The van der Waals surface area contributed by atoms with E-state index in [4.69, 9.17) is 0 Å². The van der Waals surface area contributed by atoms with Crippen molar-refractivity contribution < 1.29 is 64.4 Å². The molecule has 0 rings (SSSR count). The molecule has 14 heavy (non-hydrogen) atoms. The molecule has 0 aromatic rings. The molecule has 0 radical (unpaired) electrons. The third-order valence-electron chi connectivity index (χ3n) is 2.00. The van der Waals surface area contributed by atoms with E-state index in [9.17, 15) is 13.0 Å². The van der Waals surface area contributed by atoms with Crippen LogP contribution in [0.5, 0.6) is 0 Å². The second-order valence-electron chi connectivity index (χ2n) is 3.38. The first kappa shape index (κ1) is 17.9. The van der Waals surface area contributed by atoms with E-state index in [1.54, 1.807) is 0 Å². The SMILES string of the molecule is CCCCCCCCCS(=O)(=O)[O-].[K+]. The number of unbranched alkanes of at least 4 members (excludes halogenated alkanes) is 6. The molecule has 80 valence electrons. The molecule has 0 amide bonds. The Morgan fingerprint density at radius 1 is 0.929 bits per heavy atom. The van der Waals surface area contributed by atoms with Crippen molar-refractivity contribution in [1.29, 1.82) is 0 Å². The fourth-order valence-electron chi connectivity index (χ4n) is 1.24. The van der Waals surface area contributed by atoms with Crippen molar-refractivity contribution in [2.75, 3.05) is 5.75 Å². The molecule has 0 bridgehead atoms. The van der Waals surface area contributed by atoms with Crippen molar-refractivity contribution in [3.05, 3.63) is 0 Å². The summed E-state index contributed by atoms with van der Waals surface area (Å²) in [6.45, 7) is 2.16. The molecule has 0 fully saturated rings. The molecule has 0 spiro atoms. The maximum Gasteiger partial charge on any atom is 1.00 e. The van der Waals surface area contributed by atoms with Gasteiger partial charge in [0, 0.05) is 5.75 Å². The van der Waals surface area contributed by atoms with Crippen molar-refractivity contribution in [1.82, 2.24) is 0 Å². The summed E-state index contributed by atoms with van der Waals surface area (Å²) in [6.07, 6.45) is 7.29. The molecular formula is C9H19KO3S. The van der Waals surface area contributed by atoms with Crippen molar-refractivity contribution in [2.24, 2.45) is 0 Å².